The van der Waals surface area contributed by atoms with Crippen LogP contribution in [0.5, 0.6) is 5.75 Å². The van der Waals surface area contributed by atoms with Crippen molar-refractivity contribution in [1.82, 2.24) is 10.3 Å². The molecule has 1 saturated heterocycles. The molecule has 2 rings (SSSR count). The van der Waals surface area contributed by atoms with Crippen LogP contribution >= 0.6 is 0 Å². The maximum atomic E-state index is 5.85. The number of aromatic nitrogens is 1. The number of hydrogen-bond acceptors (Lipinski definition) is 5. The molecule has 112 valence electrons. The molecule has 1 aliphatic heterocycles. The fraction of sp³-hybridized carbons (Fsp3) is 0.667. The molecule has 2 N–H and O–H groups in total. The van der Waals surface area contributed by atoms with E-state index in [1.807, 2.05) is 26.0 Å². The van der Waals surface area contributed by atoms with Gasteiger partial charge in [0.25, 0.3) is 0 Å². The van der Waals surface area contributed by atoms with E-state index in [4.69, 9.17) is 9.47 Å². The topological polar surface area (TPSA) is 55.4 Å². The number of rotatable bonds is 7. The first-order valence-electron chi connectivity index (χ1n) is 7.43. The van der Waals surface area contributed by atoms with Crippen molar-refractivity contribution in [3.05, 3.63) is 18.3 Å². The zero-order valence-corrected chi connectivity index (χ0v) is 12.4. The van der Waals surface area contributed by atoms with E-state index in [0.717, 1.165) is 44.0 Å². The third-order valence-corrected chi connectivity index (χ3v) is 3.17. The lowest BCUT2D eigenvalue weighted by Crippen LogP contribution is -2.33. The van der Waals surface area contributed by atoms with Gasteiger partial charge in [-0.05, 0) is 51.9 Å². The van der Waals surface area contributed by atoms with Crippen molar-refractivity contribution in [3.63, 3.8) is 0 Å². The molecular weight excluding hydrogens is 254 g/mol. The molecule has 0 aromatic carbocycles. The van der Waals surface area contributed by atoms with Crippen LogP contribution in [-0.4, -0.2) is 43.4 Å². The Labute approximate surface area is 121 Å². The average Bonchev–Trinajstić information content (AvgIpc) is 2.46. The molecule has 20 heavy (non-hydrogen) atoms. The molecular formula is C15H25N3O2. The molecule has 5 heteroatoms. The van der Waals surface area contributed by atoms with Gasteiger partial charge in [-0.1, -0.05) is 0 Å². The van der Waals surface area contributed by atoms with Gasteiger partial charge in [-0.3, -0.25) is 0 Å². The SMILES string of the molecule is CC(C)Oc1cccnc1NCCOC1CCNCC1. The number of ether oxygens (including phenoxy) is 2. The van der Waals surface area contributed by atoms with Gasteiger partial charge < -0.3 is 20.1 Å². The molecule has 0 amide bonds. The third kappa shape index (κ3) is 4.98. The van der Waals surface area contributed by atoms with Crippen molar-refractivity contribution in [2.45, 2.75) is 38.9 Å². The lowest BCUT2D eigenvalue weighted by Gasteiger charge is -2.23. The summed E-state index contributed by atoms with van der Waals surface area (Å²) in [5.41, 5.74) is 0. The molecule has 0 atom stereocenters. The molecule has 0 spiro atoms. The fourth-order valence-electron chi connectivity index (χ4n) is 2.23. The highest BCUT2D eigenvalue weighted by Crippen LogP contribution is 2.21. The van der Waals surface area contributed by atoms with Crippen LogP contribution < -0.4 is 15.4 Å². The summed E-state index contributed by atoms with van der Waals surface area (Å²) in [5.74, 6) is 1.58. The minimum Gasteiger partial charge on any atom is -0.487 e. The van der Waals surface area contributed by atoms with Gasteiger partial charge in [0.1, 0.15) is 0 Å². The molecule has 2 heterocycles. The number of nitrogens with zero attached hydrogens (tertiary/aromatic N) is 1. The summed E-state index contributed by atoms with van der Waals surface area (Å²) < 4.78 is 11.6. The first-order chi connectivity index (χ1) is 9.75. The zero-order chi connectivity index (χ0) is 14.2. The Morgan fingerprint density at radius 2 is 2.20 bits per heavy atom. The van der Waals surface area contributed by atoms with E-state index in [1.54, 1.807) is 6.20 Å². The molecule has 0 bridgehead atoms. The van der Waals surface area contributed by atoms with Gasteiger partial charge in [0.2, 0.25) is 0 Å². The summed E-state index contributed by atoms with van der Waals surface area (Å²) in [5, 5.41) is 6.62. The van der Waals surface area contributed by atoms with Gasteiger partial charge in [-0.25, -0.2) is 4.98 Å². The summed E-state index contributed by atoms with van der Waals surface area (Å²) in [6.45, 7) is 7.58. The van der Waals surface area contributed by atoms with Crippen LogP contribution in [0.3, 0.4) is 0 Å². The molecule has 0 unspecified atom stereocenters. The minimum atomic E-state index is 0.144. The number of piperidine rings is 1. The average molecular weight is 279 g/mol. The molecule has 1 aromatic rings. The minimum absolute atomic E-state index is 0.144. The van der Waals surface area contributed by atoms with Crippen LogP contribution in [0.25, 0.3) is 0 Å². The number of anilines is 1. The Bertz CT molecular complexity index is 392. The molecule has 5 nitrogen and oxygen atoms in total. The quantitative estimate of drug-likeness (QED) is 0.748. The second-order valence-corrected chi connectivity index (χ2v) is 5.26. The molecule has 1 aromatic heterocycles. The highest BCUT2D eigenvalue weighted by molar-refractivity contribution is 5.49. The summed E-state index contributed by atoms with van der Waals surface area (Å²) >= 11 is 0. The van der Waals surface area contributed by atoms with Crippen LogP contribution in [0, 0.1) is 0 Å². The van der Waals surface area contributed by atoms with Crippen molar-refractivity contribution in [1.29, 1.82) is 0 Å². The van der Waals surface area contributed by atoms with Crippen LogP contribution in [0.2, 0.25) is 0 Å². The van der Waals surface area contributed by atoms with Crippen LogP contribution in [0.15, 0.2) is 18.3 Å². The molecule has 0 aliphatic carbocycles. The first kappa shape index (κ1) is 15.1. The smallest absolute Gasteiger partial charge is 0.168 e. The molecule has 1 fully saturated rings. The van der Waals surface area contributed by atoms with E-state index in [2.05, 4.69) is 15.6 Å². The summed E-state index contributed by atoms with van der Waals surface area (Å²) in [7, 11) is 0. The zero-order valence-electron chi connectivity index (χ0n) is 12.4. The van der Waals surface area contributed by atoms with Crippen molar-refractivity contribution in [2.24, 2.45) is 0 Å². The van der Waals surface area contributed by atoms with E-state index in [1.165, 1.54) is 0 Å². The second kappa shape index (κ2) is 8.07. The van der Waals surface area contributed by atoms with Crippen LogP contribution in [-0.2, 0) is 4.74 Å². The molecule has 1 aliphatic rings. The lowest BCUT2D eigenvalue weighted by molar-refractivity contribution is 0.0394. The maximum Gasteiger partial charge on any atom is 0.168 e. The highest BCUT2D eigenvalue weighted by atomic mass is 16.5. The molecule has 0 saturated carbocycles. The Kier molecular flexibility index (Phi) is 6.08. The summed E-state index contributed by atoms with van der Waals surface area (Å²) in [6.07, 6.45) is 4.51. The van der Waals surface area contributed by atoms with E-state index in [-0.39, 0.29) is 6.10 Å². The standard InChI is InChI=1S/C15H25N3O2/c1-12(2)20-14-4-3-7-17-15(14)18-10-11-19-13-5-8-16-9-6-13/h3-4,7,12-13,16H,5-6,8-11H2,1-2H3,(H,17,18). The summed E-state index contributed by atoms with van der Waals surface area (Å²) in [4.78, 5) is 4.31. The van der Waals surface area contributed by atoms with Crippen molar-refractivity contribution < 1.29 is 9.47 Å². The number of pyridine rings is 1. The fourth-order valence-corrected chi connectivity index (χ4v) is 2.23. The van der Waals surface area contributed by atoms with Gasteiger partial charge in [0.05, 0.1) is 18.8 Å². The highest BCUT2D eigenvalue weighted by Gasteiger charge is 2.13. The maximum absolute atomic E-state index is 5.85. The van der Waals surface area contributed by atoms with Crippen molar-refractivity contribution in [3.8, 4) is 5.75 Å². The predicted molar refractivity (Wildman–Crippen MR) is 80.3 cm³/mol. The number of nitrogens with one attached hydrogen (secondary N) is 2. The monoisotopic (exact) mass is 279 g/mol. The van der Waals surface area contributed by atoms with Crippen molar-refractivity contribution >= 4 is 5.82 Å². The van der Waals surface area contributed by atoms with E-state index in [0.29, 0.717) is 12.7 Å². The van der Waals surface area contributed by atoms with Gasteiger partial charge in [0, 0.05) is 12.7 Å². The Morgan fingerprint density at radius 1 is 1.40 bits per heavy atom. The third-order valence-electron chi connectivity index (χ3n) is 3.17. The Morgan fingerprint density at radius 3 is 2.95 bits per heavy atom. The first-order valence-corrected chi connectivity index (χ1v) is 7.43. The van der Waals surface area contributed by atoms with Crippen LogP contribution in [0.4, 0.5) is 5.82 Å². The Hall–Kier alpha value is -1.33. The predicted octanol–water partition coefficient (Wildman–Crippen LogP) is 2.05. The molecule has 0 radical (unpaired) electrons. The van der Waals surface area contributed by atoms with Gasteiger partial charge in [-0.15, -0.1) is 0 Å². The van der Waals surface area contributed by atoms with Gasteiger partial charge >= 0.3 is 0 Å². The van der Waals surface area contributed by atoms with E-state index >= 15 is 0 Å². The van der Waals surface area contributed by atoms with Crippen LogP contribution in [0.1, 0.15) is 26.7 Å². The summed E-state index contributed by atoms with van der Waals surface area (Å²) in [6, 6.07) is 3.82. The second-order valence-electron chi connectivity index (χ2n) is 5.26. The Balaban J connectivity index is 1.73. The van der Waals surface area contributed by atoms with E-state index in [9.17, 15) is 0 Å². The van der Waals surface area contributed by atoms with Gasteiger partial charge in [-0.2, -0.15) is 0 Å². The number of hydrogen-bond donors (Lipinski definition) is 2. The van der Waals surface area contributed by atoms with Gasteiger partial charge in [0.15, 0.2) is 11.6 Å². The lowest BCUT2D eigenvalue weighted by atomic mass is 10.1. The van der Waals surface area contributed by atoms with Crippen molar-refractivity contribution in [2.75, 3.05) is 31.6 Å². The normalized spacial score (nSPS) is 16.4. The van der Waals surface area contributed by atoms with E-state index < -0.39 is 0 Å². The largest absolute Gasteiger partial charge is 0.487 e.